The van der Waals surface area contributed by atoms with Crippen LogP contribution in [0.15, 0.2) is 65.9 Å². The minimum absolute atomic E-state index is 0.238. The average Bonchev–Trinajstić information content (AvgIpc) is 3.36. The van der Waals surface area contributed by atoms with Crippen LogP contribution in [-0.2, 0) is 22.6 Å². The monoisotopic (exact) mass is 378 g/mol. The lowest BCUT2D eigenvalue weighted by Crippen LogP contribution is -2.34. The van der Waals surface area contributed by atoms with Crippen LogP contribution in [0.5, 0.6) is 0 Å². The number of aromatic nitrogens is 2. The molecule has 1 aliphatic rings. The van der Waals surface area contributed by atoms with Gasteiger partial charge in [-0.3, -0.25) is 9.89 Å². The summed E-state index contributed by atoms with van der Waals surface area (Å²) in [6.45, 7) is 0.332. The van der Waals surface area contributed by atoms with Gasteiger partial charge in [-0.2, -0.15) is 5.10 Å². The maximum atomic E-state index is 13.3. The molecule has 1 aliphatic heterocycles. The number of oxime groups is 1. The van der Waals surface area contributed by atoms with Crippen molar-refractivity contribution < 1.29 is 14.0 Å². The number of H-pyrrole nitrogens is 1. The van der Waals surface area contributed by atoms with E-state index in [1.165, 1.54) is 12.1 Å². The molecule has 28 heavy (non-hydrogen) atoms. The van der Waals surface area contributed by atoms with Crippen molar-refractivity contribution >= 4 is 11.6 Å². The Hall–Kier alpha value is -3.48. The third kappa shape index (κ3) is 4.09. The van der Waals surface area contributed by atoms with Gasteiger partial charge in [0.2, 0.25) is 6.10 Å². The molecular formula is C21H19FN4O2. The minimum atomic E-state index is -0.671. The molecule has 0 fully saturated rings. The lowest BCUT2D eigenvalue weighted by molar-refractivity contribution is -0.131. The van der Waals surface area contributed by atoms with Crippen LogP contribution in [0, 0.1) is 5.82 Å². The zero-order valence-electron chi connectivity index (χ0n) is 15.1. The first-order chi connectivity index (χ1) is 13.7. The van der Waals surface area contributed by atoms with Crippen molar-refractivity contribution in [2.75, 3.05) is 0 Å². The Morgan fingerprint density at radius 1 is 1.21 bits per heavy atom. The molecule has 3 aromatic rings. The van der Waals surface area contributed by atoms with Crippen LogP contribution in [0.1, 0.15) is 17.5 Å². The Morgan fingerprint density at radius 2 is 2.07 bits per heavy atom. The second kappa shape index (κ2) is 8.04. The van der Waals surface area contributed by atoms with E-state index in [1.807, 2.05) is 36.4 Å². The van der Waals surface area contributed by atoms with Crippen molar-refractivity contribution in [3.63, 3.8) is 0 Å². The molecule has 2 heterocycles. The molecule has 1 aromatic heterocycles. The van der Waals surface area contributed by atoms with E-state index in [-0.39, 0.29) is 11.7 Å². The molecular weight excluding hydrogens is 359 g/mol. The first-order valence-corrected chi connectivity index (χ1v) is 9.00. The highest BCUT2D eigenvalue weighted by Gasteiger charge is 2.28. The number of halogens is 1. The number of hydrogen-bond acceptors (Lipinski definition) is 4. The molecule has 0 aliphatic carbocycles. The molecule has 0 bridgehead atoms. The molecule has 0 saturated carbocycles. The number of benzene rings is 2. The van der Waals surface area contributed by atoms with E-state index < -0.39 is 6.10 Å². The van der Waals surface area contributed by atoms with Crippen LogP contribution >= 0.6 is 0 Å². The van der Waals surface area contributed by atoms with Crippen LogP contribution in [0.3, 0.4) is 0 Å². The second-order valence-electron chi connectivity index (χ2n) is 6.62. The third-order valence-electron chi connectivity index (χ3n) is 4.55. The van der Waals surface area contributed by atoms with Crippen molar-refractivity contribution in [2.24, 2.45) is 5.16 Å². The van der Waals surface area contributed by atoms with Crippen LogP contribution in [0.4, 0.5) is 4.39 Å². The van der Waals surface area contributed by atoms with Gasteiger partial charge >= 0.3 is 0 Å². The first-order valence-electron chi connectivity index (χ1n) is 9.00. The normalized spacial score (nSPS) is 15.8. The minimum Gasteiger partial charge on any atom is -0.382 e. The smallest absolute Gasteiger partial charge is 0.264 e. The molecule has 142 valence electrons. The maximum absolute atomic E-state index is 13.3. The number of hydrogen-bond donors (Lipinski definition) is 2. The van der Waals surface area contributed by atoms with E-state index >= 15 is 0 Å². The maximum Gasteiger partial charge on any atom is 0.264 e. The Labute approximate surface area is 161 Å². The van der Waals surface area contributed by atoms with E-state index in [0.717, 1.165) is 28.1 Å². The van der Waals surface area contributed by atoms with Crippen LogP contribution in [0.25, 0.3) is 11.3 Å². The Balaban J connectivity index is 1.32. The predicted octanol–water partition coefficient (Wildman–Crippen LogP) is 3.22. The molecule has 0 radical (unpaired) electrons. The van der Waals surface area contributed by atoms with E-state index in [9.17, 15) is 9.18 Å². The van der Waals surface area contributed by atoms with Gasteiger partial charge in [-0.25, -0.2) is 4.39 Å². The van der Waals surface area contributed by atoms with Gasteiger partial charge in [0.05, 0.1) is 17.6 Å². The molecule has 0 spiro atoms. The van der Waals surface area contributed by atoms with Crippen LogP contribution < -0.4 is 5.32 Å². The average molecular weight is 378 g/mol. The van der Waals surface area contributed by atoms with Crippen LogP contribution in [0.2, 0.25) is 0 Å². The number of nitrogens with one attached hydrogen (secondary N) is 2. The summed E-state index contributed by atoms with van der Waals surface area (Å²) in [5.74, 6) is -0.529. The molecule has 2 aromatic carbocycles. The number of aromatic amines is 1. The van der Waals surface area contributed by atoms with Gasteiger partial charge < -0.3 is 10.2 Å². The molecule has 4 rings (SSSR count). The van der Waals surface area contributed by atoms with E-state index in [2.05, 4.69) is 20.7 Å². The molecule has 1 amide bonds. The summed E-state index contributed by atoms with van der Waals surface area (Å²) in [6.07, 6.45) is 1.88. The Morgan fingerprint density at radius 3 is 2.89 bits per heavy atom. The Bertz CT molecular complexity index is 1000. The zero-order valence-corrected chi connectivity index (χ0v) is 15.1. The fraction of sp³-hybridized carbons (Fsp3) is 0.190. The summed E-state index contributed by atoms with van der Waals surface area (Å²) in [4.78, 5) is 17.7. The highest BCUT2D eigenvalue weighted by molar-refractivity contribution is 5.94. The molecule has 7 heteroatoms. The van der Waals surface area contributed by atoms with Crippen molar-refractivity contribution in [2.45, 2.75) is 25.5 Å². The molecule has 0 saturated heterocycles. The molecule has 0 unspecified atom stereocenters. The SMILES string of the molecule is O=C(NCc1cn[nH]c1-c1ccccc1)[C@H]1CC(Cc2cccc(F)c2)=NO1. The van der Waals surface area contributed by atoms with Crippen molar-refractivity contribution in [3.05, 3.63) is 77.7 Å². The van der Waals surface area contributed by atoms with E-state index in [1.54, 1.807) is 12.3 Å². The van der Waals surface area contributed by atoms with Crippen molar-refractivity contribution in [1.82, 2.24) is 15.5 Å². The molecule has 2 N–H and O–H groups in total. The number of amides is 1. The Kier molecular flexibility index (Phi) is 5.14. The van der Waals surface area contributed by atoms with Crippen molar-refractivity contribution in [3.8, 4) is 11.3 Å². The summed E-state index contributed by atoms with van der Waals surface area (Å²) < 4.78 is 13.3. The lowest BCUT2D eigenvalue weighted by atomic mass is 10.0. The highest BCUT2D eigenvalue weighted by atomic mass is 19.1. The van der Waals surface area contributed by atoms with Gasteiger partial charge in [0, 0.05) is 24.9 Å². The fourth-order valence-corrected chi connectivity index (χ4v) is 3.15. The van der Waals surface area contributed by atoms with E-state index in [0.29, 0.717) is 19.4 Å². The van der Waals surface area contributed by atoms with Gasteiger partial charge in [-0.1, -0.05) is 47.6 Å². The number of nitrogens with zero attached hydrogens (tertiary/aromatic N) is 2. The first kappa shape index (κ1) is 17.9. The summed E-state index contributed by atoms with van der Waals surface area (Å²) in [5, 5.41) is 13.9. The fourth-order valence-electron chi connectivity index (χ4n) is 3.15. The largest absolute Gasteiger partial charge is 0.382 e. The van der Waals surface area contributed by atoms with Crippen LogP contribution in [-0.4, -0.2) is 27.9 Å². The quantitative estimate of drug-likeness (QED) is 0.691. The van der Waals surface area contributed by atoms with Gasteiger partial charge in [0.15, 0.2) is 0 Å². The zero-order chi connectivity index (χ0) is 19.3. The molecule has 6 nitrogen and oxygen atoms in total. The van der Waals surface area contributed by atoms with Gasteiger partial charge in [-0.15, -0.1) is 0 Å². The van der Waals surface area contributed by atoms with Gasteiger partial charge in [0.25, 0.3) is 5.91 Å². The highest BCUT2D eigenvalue weighted by Crippen LogP contribution is 2.21. The summed E-state index contributed by atoms with van der Waals surface area (Å²) in [7, 11) is 0. The standard InChI is InChI=1S/C21H19FN4O2/c22-17-8-4-5-14(9-17)10-18-11-19(28-26-18)21(27)23-12-16-13-24-25-20(16)15-6-2-1-3-7-15/h1-9,13,19H,10-12H2,(H,23,27)(H,24,25)/t19-/m1/s1. The lowest BCUT2D eigenvalue weighted by Gasteiger charge is -2.10. The number of carbonyl (C=O) groups excluding carboxylic acids is 1. The summed E-state index contributed by atoms with van der Waals surface area (Å²) in [6, 6.07) is 16.1. The predicted molar refractivity (Wildman–Crippen MR) is 103 cm³/mol. The van der Waals surface area contributed by atoms with Gasteiger partial charge in [0.1, 0.15) is 5.82 Å². The summed E-state index contributed by atoms with van der Waals surface area (Å²) >= 11 is 0. The van der Waals surface area contributed by atoms with E-state index in [4.69, 9.17) is 4.84 Å². The third-order valence-corrected chi connectivity index (χ3v) is 4.55. The summed E-state index contributed by atoms with van der Waals surface area (Å²) in [5.41, 5.74) is 4.28. The second-order valence-corrected chi connectivity index (χ2v) is 6.62. The number of carbonyl (C=O) groups is 1. The molecule has 1 atom stereocenters. The topological polar surface area (TPSA) is 79.4 Å². The van der Waals surface area contributed by atoms with Gasteiger partial charge in [-0.05, 0) is 23.3 Å². The number of rotatable bonds is 6. The van der Waals surface area contributed by atoms with Crippen molar-refractivity contribution in [1.29, 1.82) is 0 Å².